The van der Waals surface area contributed by atoms with E-state index in [-0.39, 0.29) is 22.6 Å². The van der Waals surface area contributed by atoms with E-state index in [9.17, 15) is 19.2 Å². The van der Waals surface area contributed by atoms with E-state index in [0.717, 1.165) is 0 Å². The first-order valence-electron chi connectivity index (χ1n) is 9.40. The van der Waals surface area contributed by atoms with Gasteiger partial charge < -0.3 is 14.2 Å². The maximum absolute atomic E-state index is 12.3. The van der Waals surface area contributed by atoms with E-state index in [1.807, 2.05) is 0 Å². The van der Waals surface area contributed by atoms with Crippen LogP contribution in [0.5, 0.6) is 11.5 Å². The summed E-state index contributed by atoms with van der Waals surface area (Å²) in [6, 6.07) is 11.5. The second kappa shape index (κ2) is 10.8. The minimum atomic E-state index is -1.09. The van der Waals surface area contributed by atoms with E-state index in [2.05, 4.69) is 9.78 Å². The first-order valence-corrected chi connectivity index (χ1v) is 9.40. The molecule has 9 nitrogen and oxygen atoms in total. The Hall–Kier alpha value is -3.88. The summed E-state index contributed by atoms with van der Waals surface area (Å²) in [4.78, 5) is 57.4. The lowest BCUT2D eigenvalue weighted by Gasteiger charge is -2.12. The minimum Gasteiger partial charge on any atom is -0.431 e. The van der Waals surface area contributed by atoms with Crippen molar-refractivity contribution < 1.29 is 43.2 Å². The number of hydrogen-bond donors (Lipinski definition) is 0. The predicted octanol–water partition coefficient (Wildman–Crippen LogP) is 4.10. The van der Waals surface area contributed by atoms with Gasteiger partial charge in [0.2, 0.25) is 0 Å². The summed E-state index contributed by atoms with van der Waals surface area (Å²) in [5.74, 6) is -3.28. The maximum Gasteiger partial charge on any atom is 0.514 e. The van der Waals surface area contributed by atoms with Gasteiger partial charge in [-0.1, -0.05) is 38.1 Å². The Balaban J connectivity index is 2.08. The van der Waals surface area contributed by atoms with Crippen LogP contribution in [0.3, 0.4) is 0 Å². The van der Waals surface area contributed by atoms with Gasteiger partial charge in [0.1, 0.15) is 22.6 Å². The number of ether oxygens (including phenoxy) is 3. The second-order valence-electron chi connectivity index (χ2n) is 6.83. The smallest absolute Gasteiger partial charge is 0.431 e. The molecule has 0 radical (unpaired) electrons. The molecular formula is C22H22O9. The number of para-hydroxylation sites is 2. The maximum atomic E-state index is 12.3. The first kappa shape index (κ1) is 23.4. The van der Waals surface area contributed by atoms with E-state index in [0.29, 0.717) is 0 Å². The third-order valence-electron chi connectivity index (χ3n) is 3.61. The highest BCUT2D eigenvalue weighted by Crippen LogP contribution is 2.22. The molecule has 0 aromatic heterocycles. The molecule has 0 amide bonds. The van der Waals surface area contributed by atoms with Crippen LogP contribution in [0, 0.1) is 5.92 Å². The van der Waals surface area contributed by atoms with Crippen LogP contribution in [0.4, 0.5) is 4.79 Å². The van der Waals surface area contributed by atoms with Gasteiger partial charge in [-0.3, -0.25) is 4.79 Å². The molecule has 0 aliphatic carbocycles. The van der Waals surface area contributed by atoms with Crippen LogP contribution >= 0.6 is 0 Å². The van der Waals surface area contributed by atoms with Crippen molar-refractivity contribution in [2.45, 2.75) is 33.8 Å². The molecule has 2 aromatic carbocycles. The Kier molecular flexibility index (Phi) is 8.13. The Bertz CT molecular complexity index is 963. The van der Waals surface area contributed by atoms with Gasteiger partial charge in [-0.25, -0.2) is 24.2 Å². The summed E-state index contributed by atoms with van der Waals surface area (Å²) in [6.45, 7) is 6.55. The second-order valence-corrected chi connectivity index (χ2v) is 6.83. The quantitative estimate of drug-likeness (QED) is 0.220. The Labute approximate surface area is 178 Å². The lowest BCUT2D eigenvalue weighted by atomic mass is 10.2. The molecular weight excluding hydrogens is 408 g/mol. The molecule has 0 fully saturated rings. The first-order chi connectivity index (χ1) is 14.7. The zero-order valence-corrected chi connectivity index (χ0v) is 17.4. The normalized spacial score (nSPS) is 10.4. The van der Waals surface area contributed by atoms with Gasteiger partial charge in [0.15, 0.2) is 0 Å². The van der Waals surface area contributed by atoms with Gasteiger partial charge >= 0.3 is 24.1 Å². The molecule has 0 heterocycles. The van der Waals surface area contributed by atoms with Crippen LogP contribution in [-0.2, 0) is 19.3 Å². The molecule has 0 aliphatic heterocycles. The molecule has 0 N–H and O–H groups in total. The van der Waals surface area contributed by atoms with Gasteiger partial charge in [0.25, 0.3) is 0 Å². The van der Waals surface area contributed by atoms with Gasteiger partial charge in [0.05, 0.1) is 12.0 Å². The number of carbonyl (C=O) groups is 4. The molecule has 2 rings (SSSR count). The molecule has 0 spiro atoms. The Morgan fingerprint density at radius 1 is 0.677 bits per heavy atom. The van der Waals surface area contributed by atoms with Crippen molar-refractivity contribution >= 4 is 24.1 Å². The molecule has 0 saturated heterocycles. The molecule has 0 unspecified atom stereocenters. The van der Waals surface area contributed by atoms with Crippen molar-refractivity contribution in [2.24, 2.45) is 5.92 Å². The van der Waals surface area contributed by atoms with Crippen molar-refractivity contribution in [1.82, 2.24) is 0 Å². The molecule has 0 aliphatic rings. The zero-order valence-electron chi connectivity index (χ0n) is 17.4. The summed E-state index contributed by atoms with van der Waals surface area (Å²) in [7, 11) is 0. The summed E-state index contributed by atoms with van der Waals surface area (Å²) in [5, 5.41) is 0. The summed E-state index contributed by atoms with van der Waals surface area (Å²) in [5.41, 5.74) is -0.287. The Morgan fingerprint density at radius 2 is 1.13 bits per heavy atom. The van der Waals surface area contributed by atoms with Crippen LogP contribution in [0.2, 0.25) is 0 Å². The van der Waals surface area contributed by atoms with Gasteiger partial charge in [-0.05, 0) is 38.1 Å². The summed E-state index contributed by atoms with van der Waals surface area (Å²) >= 11 is 0. The number of benzene rings is 2. The molecule has 2 aromatic rings. The monoisotopic (exact) mass is 430 g/mol. The number of rotatable bonds is 6. The molecule has 31 heavy (non-hydrogen) atoms. The highest BCUT2D eigenvalue weighted by molar-refractivity contribution is 5.96. The van der Waals surface area contributed by atoms with E-state index < -0.39 is 36.1 Å². The average Bonchev–Trinajstić information content (AvgIpc) is 2.71. The van der Waals surface area contributed by atoms with E-state index in [4.69, 9.17) is 14.2 Å². The van der Waals surface area contributed by atoms with Crippen LogP contribution in [-0.4, -0.2) is 30.2 Å². The lowest BCUT2D eigenvalue weighted by molar-refractivity contribution is -0.187. The highest BCUT2D eigenvalue weighted by Gasteiger charge is 2.23. The third kappa shape index (κ3) is 6.84. The molecule has 0 saturated carbocycles. The van der Waals surface area contributed by atoms with Crippen molar-refractivity contribution in [3.8, 4) is 11.5 Å². The topological polar surface area (TPSA) is 114 Å². The average molecular weight is 430 g/mol. The van der Waals surface area contributed by atoms with Crippen LogP contribution in [0.15, 0.2) is 48.5 Å². The zero-order chi connectivity index (χ0) is 23.0. The summed E-state index contributed by atoms with van der Waals surface area (Å²) < 4.78 is 15.0. The molecule has 164 valence electrons. The van der Waals surface area contributed by atoms with E-state index in [1.165, 1.54) is 42.5 Å². The van der Waals surface area contributed by atoms with Crippen LogP contribution in [0.25, 0.3) is 0 Å². The molecule has 9 heteroatoms. The number of hydrogen-bond acceptors (Lipinski definition) is 9. The van der Waals surface area contributed by atoms with Crippen molar-refractivity contribution in [2.75, 3.05) is 0 Å². The van der Waals surface area contributed by atoms with Gasteiger partial charge in [0, 0.05) is 0 Å². The minimum absolute atomic E-state index is 0.0394. The van der Waals surface area contributed by atoms with Crippen molar-refractivity contribution in [1.29, 1.82) is 0 Å². The third-order valence-corrected chi connectivity index (χ3v) is 3.61. The van der Waals surface area contributed by atoms with E-state index >= 15 is 0 Å². The standard InChI is InChI=1S/C22H22O9/c1-13(2)19(23)28-17-11-7-5-9-15(17)20(24)30-31-21(25)16-10-6-8-12-18(16)29-22(26)27-14(3)4/h5-14H,1-4H3. The largest absolute Gasteiger partial charge is 0.514 e. The van der Waals surface area contributed by atoms with Gasteiger partial charge in [-0.2, -0.15) is 0 Å². The number of esters is 1. The molecule has 0 atom stereocenters. The van der Waals surface area contributed by atoms with Crippen LogP contribution in [0.1, 0.15) is 48.4 Å². The Morgan fingerprint density at radius 3 is 1.58 bits per heavy atom. The van der Waals surface area contributed by atoms with Crippen molar-refractivity contribution in [3.05, 3.63) is 59.7 Å². The SMILES string of the molecule is CC(C)OC(=O)Oc1ccccc1C(=O)OOC(=O)c1ccccc1OC(=O)C(C)C. The van der Waals surface area contributed by atoms with Crippen molar-refractivity contribution in [3.63, 3.8) is 0 Å². The highest BCUT2D eigenvalue weighted by atomic mass is 17.2. The summed E-state index contributed by atoms with van der Waals surface area (Å²) in [6.07, 6.45) is -1.43. The number of carbonyl (C=O) groups excluding carboxylic acids is 4. The molecule has 0 bridgehead atoms. The van der Waals surface area contributed by atoms with E-state index in [1.54, 1.807) is 33.8 Å². The fourth-order valence-corrected chi connectivity index (χ4v) is 2.15. The predicted molar refractivity (Wildman–Crippen MR) is 106 cm³/mol. The fourth-order valence-electron chi connectivity index (χ4n) is 2.15. The lowest BCUT2D eigenvalue weighted by Crippen LogP contribution is -2.19. The van der Waals surface area contributed by atoms with Crippen LogP contribution < -0.4 is 9.47 Å². The fraction of sp³-hybridized carbons (Fsp3) is 0.273. The van der Waals surface area contributed by atoms with Gasteiger partial charge in [-0.15, -0.1) is 0 Å².